The Hall–Kier alpha value is -3.05. The molecule has 5 rings (SSSR count). The van der Waals surface area contributed by atoms with Crippen LogP contribution in [0.15, 0.2) is 67.1 Å². The number of aryl methyl sites for hydroxylation is 1. The van der Waals surface area contributed by atoms with Gasteiger partial charge in [0.2, 0.25) is 0 Å². The molecule has 1 N–H and O–H groups in total. The van der Waals surface area contributed by atoms with Crippen LogP contribution in [0.25, 0.3) is 11.3 Å². The Kier molecular flexibility index (Phi) is 5.28. The van der Waals surface area contributed by atoms with E-state index in [9.17, 15) is 4.79 Å². The second-order valence-electron chi connectivity index (χ2n) is 8.85. The number of aromatic nitrogens is 2. The highest BCUT2D eigenvalue weighted by atomic mass is 16.2. The van der Waals surface area contributed by atoms with Crippen LogP contribution in [0.4, 0.5) is 0 Å². The third-order valence-corrected chi connectivity index (χ3v) is 6.99. The summed E-state index contributed by atoms with van der Waals surface area (Å²) in [6.45, 7) is 4.86. The topological polar surface area (TPSA) is 68.0 Å². The van der Waals surface area contributed by atoms with Crippen molar-refractivity contribution >= 4 is 5.91 Å². The predicted molar refractivity (Wildman–Crippen MR) is 122 cm³/mol. The number of carbonyl (C=O) groups is 1. The summed E-state index contributed by atoms with van der Waals surface area (Å²) in [4.78, 5) is 24.1. The van der Waals surface area contributed by atoms with Crippen LogP contribution in [0, 0.1) is 12.3 Å². The summed E-state index contributed by atoms with van der Waals surface area (Å²) in [6, 6.07) is 16.8. The van der Waals surface area contributed by atoms with Crippen LogP contribution in [0.1, 0.15) is 34.3 Å². The normalized spacial score (nSPS) is 19.8. The minimum atomic E-state index is 0.0770. The predicted octanol–water partition coefficient (Wildman–Crippen LogP) is 3.89. The second kappa shape index (κ2) is 8.23. The number of rotatable bonds is 5. The number of piperidine rings is 1. The maximum Gasteiger partial charge on any atom is 0.256 e. The largest absolute Gasteiger partial charge is 0.339 e. The van der Waals surface area contributed by atoms with Crippen LogP contribution in [-0.4, -0.2) is 46.5 Å². The van der Waals surface area contributed by atoms with Gasteiger partial charge in [-0.2, -0.15) is 0 Å². The Morgan fingerprint density at radius 3 is 2.52 bits per heavy atom. The Balaban J connectivity index is 1.35. The molecule has 0 radical (unpaired) electrons. The van der Waals surface area contributed by atoms with Gasteiger partial charge in [-0.15, -0.1) is 0 Å². The summed E-state index contributed by atoms with van der Waals surface area (Å²) < 4.78 is 0. The van der Waals surface area contributed by atoms with Gasteiger partial charge in [-0.25, -0.2) is 0 Å². The third-order valence-electron chi connectivity index (χ3n) is 6.99. The van der Waals surface area contributed by atoms with E-state index in [1.54, 1.807) is 18.6 Å². The molecule has 5 heteroatoms. The summed E-state index contributed by atoms with van der Waals surface area (Å²) >= 11 is 0. The number of likely N-dealkylation sites (tertiary alicyclic amines) is 1. The summed E-state index contributed by atoms with van der Waals surface area (Å²) in [5, 5.41) is 3.57. The number of nitrogens with one attached hydrogen (secondary N) is 1. The van der Waals surface area contributed by atoms with Crippen LogP contribution < -0.4 is 5.32 Å². The molecule has 4 heterocycles. The minimum Gasteiger partial charge on any atom is -0.339 e. The lowest BCUT2D eigenvalue weighted by Gasteiger charge is -2.42. The average molecular weight is 413 g/mol. The minimum absolute atomic E-state index is 0.0770. The van der Waals surface area contributed by atoms with Gasteiger partial charge in [0.1, 0.15) is 0 Å². The molecule has 2 saturated heterocycles. The zero-order chi connectivity index (χ0) is 21.3. The Labute approximate surface area is 183 Å². The molecular formula is C26H28N4O. The number of amides is 1. The zero-order valence-corrected chi connectivity index (χ0v) is 17.9. The van der Waals surface area contributed by atoms with E-state index in [2.05, 4.69) is 46.5 Å². The van der Waals surface area contributed by atoms with E-state index in [0.717, 1.165) is 50.2 Å². The summed E-state index contributed by atoms with van der Waals surface area (Å²) in [6.07, 6.45) is 8.35. The highest BCUT2D eigenvalue weighted by molar-refractivity contribution is 5.99. The maximum atomic E-state index is 13.5. The fourth-order valence-corrected chi connectivity index (χ4v) is 4.97. The first-order chi connectivity index (χ1) is 15.2. The Morgan fingerprint density at radius 1 is 1.06 bits per heavy atom. The molecule has 0 bridgehead atoms. The van der Waals surface area contributed by atoms with Gasteiger partial charge in [-0.05, 0) is 67.0 Å². The van der Waals surface area contributed by atoms with Gasteiger partial charge in [0.25, 0.3) is 5.91 Å². The van der Waals surface area contributed by atoms with E-state index in [4.69, 9.17) is 0 Å². The summed E-state index contributed by atoms with van der Waals surface area (Å²) in [5.41, 5.74) is 5.35. The number of carbonyl (C=O) groups excluding carboxylic acids is 1. The zero-order valence-electron chi connectivity index (χ0n) is 17.9. The first-order valence-electron chi connectivity index (χ1n) is 11.1. The average Bonchev–Trinajstić information content (AvgIpc) is 3.67. The fraction of sp³-hybridized carbons (Fsp3) is 0.346. The number of benzene rings is 1. The van der Waals surface area contributed by atoms with E-state index >= 15 is 0 Å². The highest BCUT2D eigenvalue weighted by Gasteiger charge is 2.47. The number of hydrogen-bond donors (Lipinski definition) is 1. The smallest absolute Gasteiger partial charge is 0.256 e. The highest BCUT2D eigenvalue weighted by Crippen LogP contribution is 2.42. The van der Waals surface area contributed by atoms with Crippen molar-refractivity contribution in [2.24, 2.45) is 5.41 Å². The van der Waals surface area contributed by atoms with Crippen LogP contribution in [0.2, 0.25) is 0 Å². The van der Waals surface area contributed by atoms with Gasteiger partial charge >= 0.3 is 0 Å². The molecular weight excluding hydrogens is 384 g/mol. The molecule has 2 aliphatic rings. The molecule has 2 aromatic heterocycles. The lowest BCUT2D eigenvalue weighted by molar-refractivity contribution is 0.0572. The van der Waals surface area contributed by atoms with Gasteiger partial charge < -0.3 is 10.2 Å². The molecule has 158 valence electrons. The monoisotopic (exact) mass is 412 g/mol. The Morgan fingerprint density at radius 2 is 1.81 bits per heavy atom. The van der Waals surface area contributed by atoms with Crippen molar-refractivity contribution in [1.29, 1.82) is 0 Å². The molecule has 31 heavy (non-hydrogen) atoms. The second-order valence-corrected chi connectivity index (χ2v) is 8.85. The van der Waals surface area contributed by atoms with E-state index in [1.165, 1.54) is 11.1 Å². The van der Waals surface area contributed by atoms with Crippen LogP contribution in [0.3, 0.4) is 0 Å². The first-order valence-corrected chi connectivity index (χ1v) is 11.1. The molecule has 0 saturated carbocycles. The van der Waals surface area contributed by atoms with E-state index < -0.39 is 0 Å². The van der Waals surface area contributed by atoms with Crippen molar-refractivity contribution in [2.45, 2.75) is 32.2 Å². The maximum absolute atomic E-state index is 13.5. The van der Waals surface area contributed by atoms with Crippen molar-refractivity contribution < 1.29 is 4.79 Å². The quantitative estimate of drug-likeness (QED) is 0.646. The van der Waals surface area contributed by atoms with Crippen LogP contribution >= 0.6 is 0 Å². The Bertz CT molecular complexity index is 1070. The molecule has 3 aromatic rings. The van der Waals surface area contributed by atoms with E-state index in [-0.39, 0.29) is 11.3 Å². The SMILES string of the molecule is Cc1ccccc1CC1(C2CN2)CCN(C(=O)c2cccnc2-c2ccncc2)CC1. The number of hydrogen-bond acceptors (Lipinski definition) is 4. The number of nitrogens with zero attached hydrogens (tertiary/aromatic N) is 3. The van der Waals surface area contributed by atoms with E-state index in [1.807, 2.05) is 29.2 Å². The van der Waals surface area contributed by atoms with Gasteiger partial charge in [0, 0.05) is 49.8 Å². The molecule has 1 aromatic carbocycles. The third kappa shape index (κ3) is 3.98. The lowest BCUT2D eigenvalue weighted by Crippen LogP contribution is -2.47. The van der Waals surface area contributed by atoms with Gasteiger partial charge in [-0.3, -0.25) is 14.8 Å². The standard InChI is InChI=1S/C26H28N4O/c1-19-5-2-3-6-21(19)17-26(23-18-29-23)10-15-30(16-11-26)25(31)22-7-4-12-28-24(22)20-8-13-27-14-9-20/h2-9,12-14,23,29H,10-11,15-18H2,1H3. The molecule has 2 aliphatic heterocycles. The fourth-order valence-electron chi connectivity index (χ4n) is 4.97. The van der Waals surface area contributed by atoms with Crippen molar-refractivity contribution in [3.05, 3.63) is 83.8 Å². The van der Waals surface area contributed by atoms with Crippen LogP contribution in [-0.2, 0) is 6.42 Å². The van der Waals surface area contributed by atoms with Crippen LogP contribution in [0.5, 0.6) is 0 Å². The van der Waals surface area contributed by atoms with Gasteiger partial charge in [0.15, 0.2) is 0 Å². The molecule has 0 spiro atoms. The van der Waals surface area contributed by atoms with Gasteiger partial charge in [-0.1, -0.05) is 24.3 Å². The van der Waals surface area contributed by atoms with Crippen molar-refractivity contribution in [2.75, 3.05) is 19.6 Å². The van der Waals surface area contributed by atoms with Gasteiger partial charge in [0.05, 0.1) is 11.3 Å². The van der Waals surface area contributed by atoms with Crippen molar-refractivity contribution in [3.63, 3.8) is 0 Å². The summed E-state index contributed by atoms with van der Waals surface area (Å²) in [5.74, 6) is 0.0770. The lowest BCUT2D eigenvalue weighted by atomic mass is 9.70. The van der Waals surface area contributed by atoms with E-state index in [0.29, 0.717) is 11.6 Å². The van der Waals surface area contributed by atoms with Crippen molar-refractivity contribution in [3.8, 4) is 11.3 Å². The summed E-state index contributed by atoms with van der Waals surface area (Å²) in [7, 11) is 0. The molecule has 1 amide bonds. The molecule has 0 aliphatic carbocycles. The molecule has 1 atom stereocenters. The molecule has 2 fully saturated rings. The molecule has 5 nitrogen and oxygen atoms in total. The molecule has 1 unspecified atom stereocenters. The van der Waals surface area contributed by atoms with Crippen molar-refractivity contribution in [1.82, 2.24) is 20.2 Å². The first kappa shape index (κ1) is 19.9. The number of pyridine rings is 2.